The monoisotopic (exact) mass is 323 g/mol. The molecule has 1 aliphatic rings. The molecule has 1 aliphatic carbocycles. The Morgan fingerprint density at radius 3 is 2.00 bits per heavy atom. The van der Waals surface area contributed by atoms with Gasteiger partial charge in [-0.1, -0.05) is 60.7 Å². The Morgan fingerprint density at radius 2 is 1.50 bits per heavy atom. The molecular weight excluding hydrogens is 298 g/mol. The van der Waals surface area contributed by atoms with Crippen molar-refractivity contribution in [1.82, 2.24) is 4.90 Å². The molecule has 3 rings (SSSR count). The predicted molar refractivity (Wildman–Crippen MR) is 95.3 cm³/mol. The molecule has 0 saturated heterocycles. The van der Waals surface area contributed by atoms with Gasteiger partial charge in [0.1, 0.15) is 0 Å². The van der Waals surface area contributed by atoms with Crippen LogP contribution in [0.2, 0.25) is 0 Å². The largest absolute Gasteiger partial charge is 0.469 e. The molecule has 2 aromatic carbocycles. The summed E-state index contributed by atoms with van der Waals surface area (Å²) in [6.45, 7) is 1.82. The van der Waals surface area contributed by atoms with Gasteiger partial charge < -0.3 is 4.74 Å². The summed E-state index contributed by atoms with van der Waals surface area (Å²) in [4.78, 5) is 14.4. The minimum Gasteiger partial charge on any atom is -0.469 e. The van der Waals surface area contributed by atoms with Crippen LogP contribution in [0.5, 0.6) is 0 Å². The van der Waals surface area contributed by atoms with E-state index >= 15 is 0 Å². The third-order valence-corrected chi connectivity index (χ3v) is 4.91. The van der Waals surface area contributed by atoms with Crippen molar-refractivity contribution in [1.29, 1.82) is 0 Å². The highest BCUT2D eigenvalue weighted by molar-refractivity contribution is 5.72. The number of ether oxygens (including phenoxy) is 1. The fourth-order valence-corrected chi connectivity index (χ4v) is 3.62. The molecule has 2 atom stereocenters. The molecule has 1 saturated carbocycles. The molecule has 2 unspecified atom stereocenters. The first-order valence-electron chi connectivity index (χ1n) is 8.66. The SMILES string of the molecule is COC(=O)C1CCC(N(Cc2ccccc2)Cc2ccccc2)C1. The summed E-state index contributed by atoms with van der Waals surface area (Å²) in [5.74, 6) is -0.00841. The maximum absolute atomic E-state index is 11.9. The van der Waals surface area contributed by atoms with Crippen molar-refractivity contribution >= 4 is 5.97 Å². The molecular formula is C21H25NO2. The van der Waals surface area contributed by atoms with E-state index in [1.54, 1.807) is 0 Å². The van der Waals surface area contributed by atoms with Gasteiger partial charge in [-0.2, -0.15) is 0 Å². The zero-order valence-electron chi connectivity index (χ0n) is 14.2. The second-order valence-corrected chi connectivity index (χ2v) is 6.56. The van der Waals surface area contributed by atoms with Crippen molar-refractivity contribution in [2.24, 2.45) is 5.92 Å². The maximum Gasteiger partial charge on any atom is 0.308 e. The van der Waals surface area contributed by atoms with Crippen LogP contribution in [0.1, 0.15) is 30.4 Å². The molecule has 0 bridgehead atoms. The lowest BCUT2D eigenvalue weighted by atomic mass is 10.1. The Hall–Kier alpha value is -2.13. The van der Waals surface area contributed by atoms with E-state index in [0.717, 1.165) is 32.4 Å². The fraction of sp³-hybridized carbons (Fsp3) is 0.381. The van der Waals surface area contributed by atoms with E-state index in [1.807, 2.05) is 12.1 Å². The summed E-state index contributed by atoms with van der Waals surface area (Å²) >= 11 is 0. The molecule has 0 aromatic heterocycles. The lowest BCUT2D eigenvalue weighted by molar-refractivity contribution is -0.145. The first-order valence-corrected chi connectivity index (χ1v) is 8.66. The van der Waals surface area contributed by atoms with Crippen molar-refractivity contribution in [3.05, 3.63) is 71.8 Å². The van der Waals surface area contributed by atoms with Crippen molar-refractivity contribution in [3.63, 3.8) is 0 Å². The summed E-state index contributed by atoms with van der Waals surface area (Å²) < 4.78 is 4.94. The molecule has 0 spiro atoms. The Balaban J connectivity index is 1.73. The smallest absolute Gasteiger partial charge is 0.308 e. The van der Waals surface area contributed by atoms with E-state index < -0.39 is 0 Å². The highest BCUT2D eigenvalue weighted by Gasteiger charge is 2.33. The summed E-state index contributed by atoms with van der Waals surface area (Å²) in [5, 5.41) is 0. The minimum absolute atomic E-state index is 0.0500. The number of nitrogens with zero attached hydrogens (tertiary/aromatic N) is 1. The molecule has 0 N–H and O–H groups in total. The number of methoxy groups -OCH3 is 1. The van der Waals surface area contributed by atoms with E-state index in [9.17, 15) is 4.79 Å². The molecule has 3 nitrogen and oxygen atoms in total. The minimum atomic E-state index is -0.0585. The number of carbonyl (C=O) groups excluding carboxylic acids is 1. The summed E-state index contributed by atoms with van der Waals surface area (Å²) in [6, 6.07) is 21.6. The van der Waals surface area contributed by atoms with Gasteiger partial charge in [-0.3, -0.25) is 9.69 Å². The van der Waals surface area contributed by atoms with Crippen LogP contribution in [-0.4, -0.2) is 24.0 Å². The van der Waals surface area contributed by atoms with Gasteiger partial charge in [-0.05, 0) is 30.4 Å². The quantitative estimate of drug-likeness (QED) is 0.752. The molecule has 1 fully saturated rings. The predicted octanol–water partition coefficient (Wildman–Crippen LogP) is 4.03. The average Bonchev–Trinajstić information content (AvgIpc) is 3.12. The molecule has 126 valence electrons. The van der Waals surface area contributed by atoms with Crippen LogP contribution in [0, 0.1) is 5.92 Å². The van der Waals surface area contributed by atoms with Gasteiger partial charge in [0.05, 0.1) is 13.0 Å². The highest BCUT2D eigenvalue weighted by atomic mass is 16.5. The Kier molecular flexibility index (Phi) is 5.65. The normalized spacial score (nSPS) is 20.2. The van der Waals surface area contributed by atoms with Gasteiger partial charge in [0.25, 0.3) is 0 Å². The second-order valence-electron chi connectivity index (χ2n) is 6.56. The zero-order chi connectivity index (χ0) is 16.8. The van der Waals surface area contributed by atoms with Crippen LogP contribution in [0.15, 0.2) is 60.7 Å². The van der Waals surface area contributed by atoms with Gasteiger partial charge in [-0.15, -0.1) is 0 Å². The van der Waals surface area contributed by atoms with Crippen LogP contribution in [0.4, 0.5) is 0 Å². The van der Waals surface area contributed by atoms with Crippen molar-refractivity contribution in [3.8, 4) is 0 Å². The topological polar surface area (TPSA) is 29.5 Å². The fourth-order valence-electron chi connectivity index (χ4n) is 3.62. The maximum atomic E-state index is 11.9. The van der Waals surface area contributed by atoms with E-state index in [4.69, 9.17) is 4.74 Å². The zero-order valence-corrected chi connectivity index (χ0v) is 14.2. The molecule has 0 radical (unpaired) electrons. The standard InChI is InChI=1S/C21H25NO2/c1-24-21(23)19-12-13-20(14-19)22(15-17-8-4-2-5-9-17)16-18-10-6-3-7-11-18/h2-11,19-20H,12-16H2,1H3. The van der Waals surface area contributed by atoms with E-state index in [2.05, 4.69) is 53.4 Å². The molecule has 0 aliphatic heterocycles. The third-order valence-electron chi connectivity index (χ3n) is 4.91. The van der Waals surface area contributed by atoms with Gasteiger partial charge >= 0.3 is 5.97 Å². The molecule has 24 heavy (non-hydrogen) atoms. The van der Waals surface area contributed by atoms with Gasteiger partial charge in [0.15, 0.2) is 0 Å². The Morgan fingerprint density at radius 1 is 0.958 bits per heavy atom. The number of hydrogen-bond donors (Lipinski definition) is 0. The van der Waals surface area contributed by atoms with Crippen molar-refractivity contribution in [2.45, 2.75) is 38.4 Å². The molecule has 3 heteroatoms. The third kappa shape index (κ3) is 4.24. The van der Waals surface area contributed by atoms with Crippen molar-refractivity contribution in [2.75, 3.05) is 7.11 Å². The molecule has 2 aromatic rings. The van der Waals surface area contributed by atoms with Crippen LogP contribution < -0.4 is 0 Å². The summed E-state index contributed by atoms with van der Waals surface area (Å²) in [6.07, 6.45) is 2.88. The van der Waals surface area contributed by atoms with Gasteiger partial charge in [0, 0.05) is 19.1 Å². The van der Waals surface area contributed by atoms with E-state index in [0.29, 0.717) is 6.04 Å². The van der Waals surface area contributed by atoms with Crippen LogP contribution in [-0.2, 0) is 22.6 Å². The van der Waals surface area contributed by atoms with Crippen LogP contribution in [0.3, 0.4) is 0 Å². The highest BCUT2D eigenvalue weighted by Crippen LogP contribution is 2.32. The number of carbonyl (C=O) groups is 1. The van der Waals surface area contributed by atoms with Gasteiger partial charge in [-0.25, -0.2) is 0 Å². The molecule has 0 heterocycles. The number of benzene rings is 2. The Labute approximate surface area is 144 Å². The van der Waals surface area contributed by atoms with E-state index in [-0.39, 0.29) is 11.9 Å². The lowest BCUT2D eigenvalue weighted by Crippen LogP contribution is -2.33. The van der Waals surface area contributed by atoms with Crippen molar-refractivity contribution < 1.29 is 9.53 Å². The number of hydrogen-bond acceptors (Lipinski definition) is 3. The summed E-state index contributed by atoms with van der Waals surface area (Å²) in [5.41, 5.74) is 2.63. The van der Waals surface area contributed by atoms with E-state index in [1.165, 1.54) is 18.2 Å². The van der Waals surface area contributed by atoms with Crippen LogP contribution >= 0.6 is 0 Å². The lowest BCUT2D eigenvalue weighted by Gasteiger charge is -2.29. The number of esters is 1. The first kappa shape index (κ1) is 16.7. The molecule has 0 amide bonds. The Bertz CT molecular complexity index is 600. The average molecular weight is 323 g/mol. The second kappa shape index (κ2) is 8.11. The van der Waals surface area contributed by atoms with Crippen LogP contribution in [0.25, 0.3) is 0 Å². The first-order chi connectivity index (χ1) is 11.8. The van der Waals surface area contributed by atoms with Gasteiger partial charge in [0.2, 0.25) is 0 Å². The number of rotatable bonds is 6. The summed E-state index contributed by atoms with van der Waals surface area (Å²) in [7, 11) is 1.49.